The van der Waals surface area contributed by atoms with E-state index in [1.807, 2.05) is 0 Å². The lowest BCUT2D eigenvalue weighted by Crippen LogP contribution is -2.37. The van der Waals surface area contributed by atoms with Crippen molar-refractivity contribution in [1.29, 1.82) is 0 Å². The molecule has 0 atom stereocenters. The lowest BCUT2D eigenvalue weighted by atomic mass is 9.85. The third-order valence-corrected chi connectivity index (χ3v) is 5.90. The second-order valence-electron chi connectivity index (χ2n) is 6.65. The molecule has 0 aliphatic heterocycles. The van der Waals surface area contributed by atoms with Gasteiger partial charge < -0.3 is 10.2 Å². The second-order valence-corrected chi connectivity index (χ2v) is 8.53. The second kappa shape index (κ2) is 7.15. The Labute approximate surface area is 138 Å². The van der Waals surface area contributed by atoms with Gasteiger partial charge in [0.1, 0.15) is 5.82 Å². The number of nitrogens with zero attached hydrogens (tertiary/aromatic N) is 1. The highest BCUT2D eigenvalue weighted by Crippen LogP contribution is 2.38. The molecule has 0 spiro atoms. The van der Waals surface area contributed by atoms with Crippen LogP contribution in [-0.4, -0.2) is 47.6 Å². The number of nitrogens with one attached hydrogen (secondary N) is 2. The lowest BCUT2D eigenvalue weighted by molar-refractivity contribution is 0.215. The molecule has 1 fully saturated rings. The first kappa shape index (κ1) is 18.2. The van der Waals surface area contributed by atoms with Crippen molar-refractivity contribution in [2.45, 2.75) is 30.6 Å². The Balaban J connectivity index is 2.11. The van der Waals surface area contributed by atoms with Gasteiger partial charge in [-0.3, -0.25) is 0 Å². The van der Waals surface area contributed by atoms with E-state index in [9.17, 15) is 12.8 Å². The fraction of sp³-hybridized carbons (Fsp3) is 0.625. The first-order chi connectivity index (χ1) is 10.8. The average Bonchev–Trinajstić information content (AvgIpc) is 2.93. The summed E-state index contributed by atoms with van der Waals surface area (Å²) in [5.74, 6) is -0.542. The Morgan fingerprint density at radius 1 is 1.26 bits per heavy atom. The van der Waals surface area contributed by atoms with Gasteiger partial charge in [-0.15, -0.1) is 0 Å². The summed E-state index contributed by atoms with van der Waals surface area (Å²) in [5, 5.41) is 3.18. The summed E-state index contributed by atoms with van der Waals surface area (Å²) in [6.07, 6.45) is 4.67. The zero-order valence-electron chi connectivity index (χ0n) is 14.0. The molecule has 2 N–H and O–H groups in total. The van der Waals surface area contributed by atoms with Crippen LogP contribution >= 0.6 is 0 Å². The molecule has 0 unspecified atom stereocenters. The predicted octanol–water partition coefficient (Wildman–Crippen LogP) is 2.27. The maximum absolute atomic E-state index is 14.2. The SMILES string of the molecule is CNS(=O)(=O)c1ccc(NCC2(CN(C)C)CCCC2)c(F)c1. The number of hydrogen-bond acceptors (Lipinski definition) is 4. The summed E-state index contributed by atoms with van der Waals surface area (Å²) in [4.78, 5) is 2.11. The zero-order valence-corrected chi connectivity index (χ0v) is 14.8. The van der Waals surface area contributed by atoms with Gasteiger partial charge in [0.25, 0.3) is 0 Å². The van der Waals surface area contributed by atoms with E-state index in [0.717, 1.165) is 25.5 Å². The Morgan fingerprint density at radius 2 is 1.91 bits per heavy atom. The van der Waals surface area contributed by atoms with E-state index in [0.29, 0.717) is 12.2 Å². The molecular weight excluding hydrogens is 317 g/mol. The highest BCUT2D eigenvalue weighted by molar-refractivity contribution is 7.89. The molecule has 1 aromatic carbocycles. The van der Waals surface area contributed by atoms with Gasteiger partial charge in [0, 0.05) is 18.5 Å². The zero-order chi connectivity index (χ0) is 17.1. The molecule has 7 heteroatoms. The van der Waals surface area contributed by atoms with Crippen molar-refractivity contribution in [1.82, 2.24) is 9.62 Å². The molecule has 0 heterocycles. The van der Waals surface area contributed by atoms with E-state index in [1.165, 1.54) is 32.0 Å². The minimum Gasteiger partial charge on any atom is -0.382 e. The van der Waals surface area contributed by atoms with Crippen LogP contribution in [0.5, 0.6) is 0 Å². The minimum atomic E-state index is -3.62. The van der Waals surface area contributed by atoms with Crippen LogP contribution in [0.15, 0.2) is 23.1 Å². The number of hydrogen-bond donors (Lipinski definition) is 2. The molecule has 23 heavy (non-hydrogen) atoms. The molecule has 1 aromatic rings. The van der Waals surface area contributed by atoms with Gasteiger partial charge in [0.05, 0.1) is 10.6 Å². The molecule has 1 saturated carbocycles. The Kier molecular flexibility index (Phi) is 5.65. The van der Waals surface area contributed by atoms with Crippen LogP contribution in [0.2, 0.25) is 0 Å². The fourth-order valence-corrected chi connectivity index (χ4v) is 4.14. The molecule has 0 bridgehead atoms. The Hall–Kier alpha value is -1.18. The van der Waals surface area contributed by atoms with Gasteiger partial charge in [0.15, 0.2) is 0 Å². The molecule has 0 aromatic heterocycles. The summed E-state index contributed by atoms with van der Waals surface area (Å²) in [6.45, 7) is 1.66. The highest BCUT2D eigenvalue weighted by Gasteiger charge is 2.34. The Morgan fingerprint density at radius 3 is 2.43 bits per heavy atom. The number of sulfonamides is 1. The van der Waals surface area contributed by atoms with Gasteiger partial charge in [0.2, 0.25) is 10.0 Å². The molecule has 2 rings (SSSR count). The van der Waals surface area contributed by atoms with Crippen molar-refractivity contribution in [2.75, 3.05) is 39.5 Å². The van der Waals surface area contributed by atoms with Crippen LogP contribution in [-0.2, 0) is 10.0 Å². The summed E-state index contributed by atoms with van der Waals surface area (Å²) >= 11 is 0. The molecular formula is C16H26FN3O2S. The summed E-state index contributed by atoms with van der Waals surface area (Å²) in [7, 11) is 1.80. The first-order valence-electron chi connectivity index (χ1n) is 7.90. The monoisotopic (exact) mass is 343 g/mol. The van der Waals surface area contributed by atoms with Gasteiger partial charge >= 0.3 is 0 Å². The standard InChI is InChI=1S/C16H26FN3O2S/c1-18-23(21,22)13-6-7-15(14(17)10-13)19-11-16(12-20(2)3)8-4-5-9-16/h6-7,10,18-19H,4-5,8-9,11-12H2,1-3H3. The fourth-order valence-electron chi connectivity index (χ4n) is 3.39. The van der Waals surface area contributed by atoms with E-state index >= 15 is 0 Å². The van der Waals surface area contributed by atoms with Crippen molar-refractivity contribution in [3.8, 4) is 0 Å². The van der Waals surface area contributed by atoms with Crippen LogP contribution in [0.1, 0.15) is 25.7 Å². The van der Waals surface area contributed by atoms with E-state index in [1.54, 1.807) is 0 Å². The van der Waals surface area contributed by atoms with Crippen LogP contribution in [0.3, 0.4) is 0 Å². The maximum atomic E-state index is 14.2. The number of halogens is 1. The Bertz CT molecular complexity index is 641. The summed E-state index contributed by atoms with van der Waals surface area (Å²) < 4.78 is 39.8. The van der Waals surface area contributed by atoms with Crippen LogP contribution in [0.4, 0.5) is 10.1 Å². The van der Waals surface area contributed by atoms with E-state index < -0.39 is 15.8 Å². The van der Waals surface area contributed by atoms with Gasteiger partial charge in [-0.2, -0.15) is 0 Å². The van der Waals surface area contributed by atoms with Gasteiger partial charge in [-0.1, -0.05) is 12.8 Å². The lowest BCUT2D eigenvalue weighted by Gasteiger charge is -2.32. The van der Waals surface area contributed by atoms with E-state index in [2.05, 4.69) is 29.0 Å². The van der Waals surface area contributed by atoms with Crippen LogP contribution in [0, 0.1) is 11.2 Å². The molecule has 5 nitrogen and oxygen atoms in total. The topological polar surface area (TPSA) is 61.4 Å². The number of anilines is 1. The highest BCUT2D eigenvalue weighted by atomic mass is 32.2. The van der Waals surface area contributed by atoms with E-state index in [-0.39, 0.29) is 10.3 Å². The molecule has 1 aliphatic carbocycles. The maximum Gasteiger partial charge on any atom is 0.240 e. The van der Waals surface area contributed by atoms with Crippen molar-refractivity contribution in [2.24, 2.45) is 5.41 Å². The summed E-state index contributed by atoms with van der Waals surface area (Å²) in [6, 6.07) is 3.98. The molecule has 0 amide bonds. The minimum absolute atomic E-state index is 0.0630. The quantitative estimate of drug-likeness (QED) is 0.797. The van der Waals surface area contributed by atoms with Gasteiger partial charge in [-0.25, -0.2) is 17.5 Å². The smallest absolute Gasteiger partial charge is 0.240 e. The van der Waals surface area contributed by atoms with Gasteiger partial charge in [-0.05, 0) is 52.2 Å². The van der Waals surface area contributed by atoms with Crippen LogP contribution in [0.25, 0.3) is 0 Å². The average molecular weight is 343 g/mol. The van der Waals surface area contributed by atoms with Crippen molar-refractivity contribution < 1.29 is 12.8 Å². The van der Waals surface area contributed by atoms with Crippen molar-refractivity contribution in [3.63, 3.8) is 0 Å². The normalized spacial score (nSPS) is 17.6. The third kappa shape index (κ3) is 4.43. The molecule has 0 radical (unpaired) electrons. The number of rotatable bonds is 7. The number of benzene rings is 1. The predicted molar refractivity (Wildman–Crippen MR) is 90.6 cm³/mol. The molecule has 0 saturated heterocycles. The summed E-state index contributed by atoms with van der Waals surface area (Å²) in [5.41, 5.74) is 0.510. The molecule has 130 valence electrons. The first-order valence-corrected chi connectivity index (χ1v) is 9.38. The largest absolute Gasteiger partial charge is 0.382 e. The van der Waals surface area contributed by atoms with Crippen LogP contribution < -0.4 is 10.0 Å². The van der Waals surface area contributed by atoms with E-state index in [4.69, 9.17) is 0 Å². The van der Waals surface area contributed by atoms with Crippen molar-refractivity contribution >= 4 is 15.7 Å². The molecule has 1 aliphatic rings. The van der Waals surface area contributed by atoms with Crippen molar-refractivity contribution in [3.05, 3.63) is 24.0 Å². The third-order valence-electron chi connectivity index (χ3n) is 4.49.